The largest absolute Gasteiger partial charge is 0.455 e. The number of likely N-dealkylation sites (N-methyl/N-ethyl adjacent to an activating group) is 1. The summed E-state index contributed by atoms with van der Waals surface area (Å²) in [5.41, 5.74) is 0.469. The number of pyridine rings is 1. The third-order valence-corrected chi connectivity index (χ3v) is 3.02. The summed E-state index contributed by atoms with van der Waals surface area (Å²) in [5.74, 6) is 0.890. The zero-order valence-electron chi connectivity index (χ0n) is 11.9. The number of nitrogens with zero attached hydrogens (tertiary/aromatic N) is 2. The van der Waals surface area contributed by atoms with Gasteiger partial charge in [-0.25, -0.2) is 0 Å². The monoisotopic (exact) mass is 286 g/mol. The van der Waals surface area contributed by atoms with Gasteiger partial charge in [0, 0.05) is 19.3 Å². The van der Waals surface area contributed by atoms with E-state index in [1.165, 1.54) is 0 Å². The Kier molecular flexibility index (Phi) is 5.29. The van der Waals surface area contributed by atoms with Crippen molar-refractivity contribution in [2.75, 3.05) is 19.7 Å². The molecule has 5 heteroatoms. The lowest BCUT2D eigenvalue weighted by Crippen LogP contribution is -2.33. The van der Waals surface area contributed by atoms with Gasteiger partial charge in [0.2, 0.25) is 0 Å². The van der Waals surface area contributed by atoms with Crippen LogP contribution in [0.4, 0.5) is 0 Å². The second-order valence-electron chi connectivity index (χ2n) is 4.40. The Bertz CT molecular complexity index is 587. The molecule has 1 N–H and O–H groups in total. The molecule has 1 amide bonds. The highest BCUT2D eigenvalue weighted by Gasteiger charge is 2.18. The quantitative estimate of drug-likeness (QED) is 0.885. The van der Waals surface area contributed by atoms with Crippen LogP contribution in [0.3, 0.4) is 0 Å². The minimum absolute atomic E-state index is 0.0643. The van der Waals surface area contributed by atoms with Gasteiger partial charge in [-0.05, 0) is 31.2 Å². The van der Waals surface area contributed by atoms with Crippen LogP contribution in [0.2, 0.25) is 0 Å². The Morgan fingerprint density at radius 1 is 1.29 bits per heavy atom. The zero-order valence-corrected chi connectivity index (χ0v) is 11.9. The molecule has 0 saturated heterocycles. The van der Waals surface area contributed by atoms with Gasteiger partial charge in [0.1, 0.15) is 11.5 Å². The molecule has 0 aliphatic heterocycles. The molecule has 1 aromatic carbocycles. The first-order valence-electron chi connectivity index (χ1n) is 6.83. The molecule has 1 aromatic heterocycles. The van der Waals surface area contributed by atoms with E-state index in [1.807, 2.05) is 13.0 Å². The average Bonchev–Trinajstić information content (AvgIpc) is 2.53. The summed E-state index contributed by atoms with van der Waals surface area (Å²) in [7, 11) is 0. The van der Waals surface area contributed by atoms with E-state index in [4.69, 9.17) is 9.84 Å². The van der Waals surface area contributed by atoms with Crippen molar-refractivity contribution in [3.8, 4) is 11.5 Å². The molecule has 0 radical (unpaired) electrons. The van der Waals surface area contributed by atoms with Crippen LogP contribution in [0.15, 0.2) is 48.8 Å². The van der Waals surface area contributed by atoms with Crippen LogP contribution < -0.4 is 4.74 Å². The maximum atomic E-state index is 12.5. The number of para-hydroxylation sites is 1. The van der Waals surface area contributed by atoms with Crippen molar-refractivity contribution in [2.24, 2.45) is 0 Å². The van der Waals surface area contributed by atoms with E-state index < -0.39 is 0 Å². The summed E-state index contributed by atoms with van der Waals surface area (Å²) in [5, 5.41) is 9.03. The number of carbonyl (C=O) groups is 1. The van der Waals surface area contributed by atoms with Crippen LogP contribution in [0, 0.1) is 0 Å². The maximum Gasteiger partial charge on any atom is 0.257 e. The third-order valence-electron chi connectivity index (χ3n) is 3.02. The molecule has 0 bridgehead atoms. The average molecular weight is 286 g/mol. The molecule has 0 fully saturated rings. The highest BCUT2D eigenvalue weighted by Crippen LogP contribution is 2.25. The van der Waals surface area contributed by atoms with Crippen LogP contribution in [0.5, 0.6) is 11.5 Å². The van der Waals surface area contributed by atoms with E-state index in [0.717, 1.165) is 0 Å². The molecule has 2 aromatic rings. The minimum Gasteiger partial charge on any atom is -0.455 e. The summed E-state index contributed by atoms with van der Waals surface area (Å²) in [4.78, 5) is 18.1. The topological polar surface area (TPSA) is 62.7 Å². The first-order chi connectivity index (χ1) is 10.3. The van der Waals surface area contributed by atoms with Gasteiger partial charge < -0.3 is 14.7 Å². The smallest absolute Gasteiger partial charge is 0.257 e. The van der Waals surface area contributed by atoms with Crippen LogP contribution in [-0.2, 0) is 0 Å². The summed E-state index contributed by atoms with van der Waals surface area (Å²) in [6, 6.07) is 10.6. The Labute approximate surface area is 123 Å². The Morgan fingerprint density at radius 2 is 2.10 bits per heavy atom. The summed E-state index contributed by atoms with van der Waals surface area (Å²) in [6.45, 7) is 2.64. The maximum absolute atomic E-state index is 12.5. The fourth-order valence-electron chi connectivity index (χ4n) is 1.96. The molecule has 0 aliphatic rings. The molecule has 0 aliphatic carbocycles. The molecule has 110 valence electrons. The standard InChI is InChI=1S/C16H18N2O3/c1-2-18(10-11-19)16(20)14-7-3-4-8-15(14)21-13-6-5-9-17-12-13/h3-9,12,19H,2,10-11H2,1H3. The number of benzene rings is 1. The van der Waals surface area contributed by atoms with E-state index in [0.29, 0.717) is 30.2 Å². The SMILES string of the molecule is CCN(CCO)C(=O)c1ccccc1Oc1cccnc1. The van der Waals surface area contributed by atoms with Gasteiger partial charge in [-0.3, -0.25) is 9.78 Å². The number of aromatic nitrogens is 1. The summed E-state index contributed by atoms with van der Waals surface area (Å²) in [6.07, 6.45) is 3.25. The third kappa shape index (κ3) is 3.79. The van der Waals surface area contributed by atoms with Gasteiger partial charge in [-0.1, -0.05) is 12.1 Å². The molecule has 0 unspecified atom stereocenters. The highest BCUT2D eigenvalue weighted by atomic mass is 16.5. The number of ether oxygens (including phenoxy) is 1. The van der Waals surface area contributed by atoms with Gasteiger partial charge in [0.05, 0.1) is 18.4 Å². The Hall–Kier alpha value is -2.40. The van der Waals surface area contributed by atoms with Crippen LogP contribution in [0.1, 0.15) is 17.3 Å². The molecule has 2 rings (SSSR count). The number of carbonyl (C=O) groups excluding carboxylic acids is 1. The predicted octanol–water partition coefficient (Wildman–Crippen LogP) is 2.33. The number of hydrogen-bond donors (Lipinski definition) is 1. The highest BCUT2D eigenvalue weighted by molar-refractivity contribution is 5.97. The molecule has 5 nitrogen and oxygen atoms in total. The van der Waals surface area contributed by atoms with Crippen molar-refractivity contribution < 1.29 is 14.6 Å². The molecule has 0 atom stereocenters. The number of aliphatic hydroxyl groups excluding tert-OH is 1. The van der Waals surface area contributed by atoms with Crippen LogP contribution >= 0.6 is 0 Å². The van der Waals surface area contributed by atoms with Gasteiger partial charge in [0.25, 0.3) is 5.91 Å². The molecular weight excluding hydrogens is 268 g/mol. The van der Waals surface area contributed by atoms with Crippen molar-refractivity contribution in [3.05, 3.63) is 54.4 Å². The van der Waals surface area contributed by atoms with Crippen molar-refractivity contribution in [1.29, 1.82) is 0 Å². The van der Waals surface area contributed by atoms with Crippen molar-refractivity contribution in [3.63, 3.8) is 0 Å². The Morgan fingerprint density at radius 3 is 2.76 bits per heavy atom. The second-order valence-corrected chi connectivity index (χ2v) is 4.40. The molecule has 0 saturated carbocycles. The lowest BCUT2D eigenvalue weighted by atomic mass is 10.1. The lowest BCUT2D eigenvalue weighted by Gasteiger charge is -2.21. The fraction of sp³-hybridized carbons (Fsp3) is 0.250. The van der Waals surface area contributed by atoms with E-state index >= 15 is 0 Å². The van der Waals surface area contributed by atoms with Crippen molar-refractivity contribution in [1.82, 2.24) is 9.88 Å². The molecule has 21 heavy (non-hydrogen) atoms. The van der Waals surface area contributed by atoms with E-state index in [1.54, 1.807) is 47.6 Å². The first kappa shape index (κ1) is 15.0. The fourth-order valence-corrected chi connectivity index (χ4v) is 1.96. The number of aliphatic hydroxyl groups is 1. The molecular formula is C16H18N2O3. The first-order valence-corrected chi connectivity index (χ1v) is 6.83. The van der Waals surface area contributed by atoms with Crippen LogP contribution in [0.25, 0.3) is 0 Å². The van der Waals surface area contributed by atoms with Crippen LogP contribution in [-0.4, -0.2) is 40.6 Å². The predicted molar refractivity (Wildman–Crippen MR) is 79.4 cm³/mol. The van der Waals surface area contributed by atoms with Gasteiger partial charge in [0.15, 0.2) is 0 Å². The number of amides is 1. The van der Waals surface area contributed by atoms with Crippen molar-refractivity contribution >= 4 is 5.91 Å². The van der Waals surface area contributed by atoms with E-state index in [9.17, 15) is 4.79 Å². The van der Waals surface area contributed by atoms with Gasteiger partial charge in [-0.15, -0.1) is 0 Å². The lowest BCUT2D eigenvalue weighted by molar-refractivity contribution is 0.0729. The molecule has 1 heterocycles. The summed E-state index contributed by atoms with van der Waals surface area (Å²) < 4.78 is 5.73. The summed E-state index contributed by atoms with van der Waals surface area (Å²) >= 11 is 0. The zero-order chi connectivity index (χ0) is 15.1. The second kappa shape index (κ2) is 7.40. The van der Waals surface area contributed by atoms with Crippen molar-refractivity contribution in [2.45, 2.75) is 6.92 Å². The Balaban J connectivity index is 2.26. The van der Waals surface area contributed by atoms with Gasteiger partial charge >= 0.3 is 0 Å². The molecule has 0 spiro atoms. The van der Waals surface area contributed by atoms with E-state index in [2.05, 4.69) is 4.98 Å². The van der Waals surface area contributed by atoms with Gasteiger partial charge in [-0.2, -0.15) is 0 Å². The number of hydrogen-bond acceptors (Lipinski definition) is 4. The minimum atomic E-state index is -0.161. The van der Waals surface area contributed by atoms with E-state index in [-0.39, 0.29) is 12.5 Å². The number of rotatable bonds is 6. The normalized spacial score (nSPS) is 10.2.